The minimum Gasteiger partial charge on any atom is -0.504 e. The van der Waals surface area contributed by atoms with E-state index in [1.807, 2.05) is 19.1 Å². The highest BCUT2D eigenvalue weighted by Crippen LogP contribution is 2.59. The van der Waals surface area contributed by atoms with Gasteiger partial charge in [0.05, 0.1) is 5.92 Å². The minimum atomic E-state index is -0.923. The molecule has 29 heavy (non-hydrogen) atoms. The lowest BCUT2D eigenvalue weighted by atomic mass is 9.75. The highest BCUT2D eigenvalue weighted by Gasteiger charge is 2.54. The number of phenolic OH excluding ortho intramolecular Hbond substituents is 3. The van der Waals surface area contributed by atoms with E-state index in [1.165, 1.54) is 18.2 Å². The second kappa shape index (κ2) is 5.76. The van der Waals surface area contributed by atoms with E-state index in [0.717, 1.165) is 0 Å². The maximum atomic E-state index is 12.2. The van der Waals surface area contributed by atoms with E-state index >= 15 is 0 Å². The molecule has 0 aromatic heterocycles. The Bertz CT molecular complexity index is 1240. The Hall–Kier alpha value is -3.48. The van der Waals surface area contributed by atoms with Crippen molar-refractivity contribution in [1.82, 2.24) is 0 Å². The van der Waals surface area contributed by atoms with Crippen molar-refractivity contribution in [2.75, 3.05) is 0 Å². The number of fused-ring (bicyclic) bond motifs is 4. The summed E-state index contributed by atoms with van der Waals surface area (Å²) in [7, 11) is 0. The van der Waals surface area contributed by atoms with Crippen LogP contribution >= 0.6 is 0 Å². The lowest BCUT2D eigenvalue weighted by molar-refractivity contribution is -0.143. The van der Waals surface area contributed by atoms with Gasteiger partial charge in [-0.05, 0) is 47.6 Å². The van der Waals surface area contributed by atoms with E-state index < -0.39 is 40.5 Å². The number of carboxylic acid groups (broad SMARTS) is 1. The van der Waals surface area contributed by atoms with Crippen LogP contribution in [0.1, 0.15) is 18.4 Å². The molecule has 1 aromatic carbocycles. The summed E-state index contributed by atoms with van der Waals surface area (Å²) in [5.74, 6) is -3.84. The molecular weight excluding hydrogens is 376 g/mol. The number of aromatic hydroxyl groups is 3. The van der Waals surface area contributed by atoms with Crippen LogP contribution in [0.25, 0.3) is 22.3 Å². The first kappa shape index (κ1) is 17.6. The number of allylic oxidation sites excluding steroid dienone is 2. The van der Waals surface area contributed by atoms with Gasteiger partial charge in [0.25, 0.3) is 0 Å². The lowest BCUT2D eigenvalue weighted by Crippen LogP contribution is -2.26. The summed E-state index contributed by atoms with van der Waals surface area (Å²) in [6, 6.07) is 5.60. The molecule has 0 saturated heterocycles. The van der Waals surface area contributed by atoms with Gasteiger partial charge in [0.2, 0.25) is 16.9 Å². The second-order valence-electron chi connectivity index (χ2n) is 7.90. The Morgan fingerprint density at radius 1 is 1.00 bits per heavy atom. The molecule has 2 bridgehead atoms. The van der Waals surface area contributed by atoms with Crippen molar-refractivity contribution in [3.63, 3.8) is 0 Å². The van der Waals surface area contributed by atoms with E-state index in [9.17, 15) is 30.0 Å². The zero-order valence-corrected chi connectivity index (χ0v) is 15.4. The van der Waals surface area contributed by atoms with Crippen LogP contribution in [0.15, 0.2) is 45.6 Å². The van der Waals surface area contributed by atoms with E-state index in [1.54, 1.807) is 6.07 Å². The maximum Gasteiger partial charge on any atom is 0.307 e. The van der Waals surface area contributed by atoms with Gasteiger partial charge in [0, 0.05) is 16.9 Å². The molecule has 0 amide bonds. The van der Waals surface area contributed by atoms with Crippen molar-refractivity contribution in [3.8, 4) is 28.6 Å². The average Bonchev–Trinajstić information content (AvgIpc) is 3.19. The predicted molar refractivity (Wildman–Crippen MR) is 103 cm³/mol. The van der Waals surface area contributed by atoms with Crippen molar-refractivity contribution in [3.05, 3.63) is 52.2 Å². The summed E-state index contributed by atoms with van der Waals surface area (Å²) in [4.78, 5) is 24.2. The first-order valence-corrected chi connectivity index (χ1v) is 9.35. The third-order valence-corrected chi connectivity index (χ3v) is 6.59. The molecule has 7 nitrogen and oxygen atoms in total. The van der Waals surface area contributed by atoms with Crippen LogP contribution < -0.4 is 5.43 Å². The molecule has 4 aliphatic rings. The van der Waals surface area contributed by atoms with Gasteiger partial charge in [0.1, 0.15) is 0 Å². The van der Waals surface area contributed by atoms with Crippen molar-refractivity contribution in [1.29, 1.82) is 0 Å². The lowest BCUT2D eigenvalue weighted by Gasteiger charge is -2.29. The fourth-order valence-electron chi connectivity index (χ4n) is 5.28. The summed E-state index contributed by atoms with van der Waals surface area (Å²) in [6.45, 7) is 2.01. The van der Waals surface area contributed by atoms with Crippen LogP contribution in [-0.2, 0) is 4.79 Å². The van der Waals surface area contributed by atoms with Gasteiger partial charge in [-0.25, -0.2) is 0 Å². The Labute approximate surface area is 164 Å². The number of aliphatic carboxylic acids is 1. The molecule has 0 unspecified atom stereocenters. The standard InChI is InChI=1S/C22H18O7/c1-8-9-2-3-10(8)17(22(27)28)16(9)15-11-4-6-13(23)18(25)20(11)29-21-12(15)5-7-14(24)19(21)26/h2-10,16-17,23,25-26H,1H3,(H,27,28)/t8-,9-,10-,16-,17-/m0/s1. The molecule has 0 radical (unpaired) electrons. The van der Waals surface area contributed by atoms with Crippen LogP contribution in [0.4, 0.5) is 0 Å². The van der Waals surface area contributed by atoms with Gasteiger partial charge in [-0.1, -0.05) is 19.1 Å². The smallest absolute Gasteiger partial charge is 0.307 e. The molecule has 1 heterocycles. The first-order valence-electron chi connectivity index (χ1n) is 9.35. The number of benzene rings is 2. The molecule has 5 rings (SSSR count). The average molecular weight is 394 g/mol. The SMILES string of the molecule is C[C@@H]1[C@@H]2C=C[C@@H]1[C@@H](c1c3ccc(=O)c(O)c-3oc3c(O)c(O)ccc13)[C@H]2C(=O)O. The number of carbonyl (C=O) groups is 1. The summed E-state index contributed by atoms with van der Waals surface area (Å²) in [5, 5.41) is 41.0. The number of rotatable bonds is 2. The Kier molecular flexibility index (Phi) is 3.50. The highest BCUT2D eigenvalue weighted by atomic mass is 16.4. The van der Waals surface area contributed by atoms with Crippen LogP contribution in [0.5, 0.6) is 17.2 Å². The molecule has 4 N–H and O–H groups in total. The molecule has 1 saturated carbocycles. The fraction of sp³-hybridized carbons (Fsp3) is 0.273. The highest BCUT2D eigenvalue weighted by molar-refractivity contribution is 5.95. The summed E-state index contributed by atoms with van der Waals surface area (Å²) in [5.41, 5.74) is 0.256. The van der Waals surface area contributed by atoms with Crippen LogP contribution in [0, 0.1) is 23.7 Å². The molecule has 1 fully saturated rings. The van der Waals surface area contributed by atoms with Crippen LogP contribution in [0.3, 0.4) is 0 Å². The van der Waals surface area contributed by atoms with Gasteiger partial charge >= 0.3 is 5.97 Å². The summed E-state index contributed by atoms with van der Waals surface area (Å²) < 4.78 is 5.65. The zero-order valence-electron chi connectivity index (χ0n) is 15.4. The second-order valence-corrected chi connectivity index (χ2v) is 7.90. The van der Waals surface area contributed by atoms with Gasteiger partial charge in [-0.3, -0.25) is 9.59 Å². The van der Waals surface area contributed by atoms with Gasteiger partial charge < -0.3 is 24.8 Å². The van der Waals surface area contributed by atoms with Crippen molar-refractivity contribution in [2.24, 2.45) is 23.7 Å². The molecule has 1 aliphatic heterocycles. The predicted octanol–water partition coefficient (Wildman–Crippen LogP) is 3.25. The quantitative estimate of drug-likeness (QED) is 0.298. The minimum absolute atomic E-state index is 0.0556. The van der Waals surface area contributed by atoms with Gasteiger partial charge in [0.15, 0.2) is 17.1 Å². The van der Waals surface area contributed by atoms with Crippen LogP contribution in [0.2, 0.25) is 0 Å². The summed E-state index contributed by atoms with van der Waals surface area (Å²) in [6.07, 6.45) is 3.96. The van der Waals surface area contributed by atoms with Gasteiger partial charge in [-0.2, -0.15) is 0 Å². The largest absolute Gasteiger partial charge is 0.504 e. The molecule has 7 heteroatoms. The third-order valence-electron chi connectivity index (χ3n) is 6.59. The van der Waals surface area contributed by atoms with Crippen molar-refractivity contribution >= 4 is 16.9 Å². The molecule has 1 aromatic rings. The fourth-order valence-corrected chi connectivity index (χ4v) is 5.28. The number of carboxylic acids is 1. The molecule has 5 atom stereocenters. The number of hydrogen-bond donors (Lipinski definition) is 4. The third kappa shape index (κ3) is 2.18. The Morgan fingerprint density at radius 2 is 1.72 bits per heavy atom. The normalized spacial score (nSPS) is 27.8. The van der Waals surface area contributed by atoms with E-state index in [2.05, 4.69) is 0 Å². The summed E-state index contributed by atoms with van der Waals surface area (Å²) >= 11 is 0. The monoisotopic (exact) mass is 394 g/mol. The molecule has 148 valence electrons. The topological polar surface area (TPSA) is 128 Å². The molecule has 0 spiro atoms. The van der Waals surface area contributed by atoms with E-state index in [-0.39, 0.29) is 29.1 Å². The number of hydrogen-bond acceptors (Lipinski definition) is 6. The van der Waals surface area contributed by atoms with Gasteiger partial charge in [-0.15, -0.1) is 0 Å². The molecular formula is C22H18O7. The van der Waals surface area contributed by atoms with E-state index in [4.69, 9.17) is 4.42 Å². The van der Waals surface area contributed by atoms with E-state index in [0.29, 0.717) is 16.5 Å². The molecule has 3 aliphatic carbocycles. The van der Waals surface area contributed by atoms with Crippen molar-refractivity contribution < 1.29 is 29.6 Å². The Morgan fingerprint density at radius 3 is 2.45 bits per heavy atom. The first-order chi connectivity index (χ1) is 13.8. The maximum absolute atomic E-state index is 12.2. The Balaban J connectivity index is 1.93. The van der Waals surface area contributed by atoms with Crippen LogP contribution in [-0.4, -0.2) is 26.4 Å². The number of phenols is 3. The zero-order chi connectivity index (χ0) is 20.6. The van der Waals surface area contributed by atoms with Crippen molar-refractivity contribution in [2.45, 2.75) is 12.8 Å².